The summed E-state index contributed by atoms with van der Waals surface area (Å²) in [5, 5.41) is 0. The van der Waals surface area contributed by atoms with Gasteiger partial charge in [-0.15, -0.1) is 0 Å². The average molecular weight is 1390 g/mol. The molecule has 0 spiro atoms. The Labute approximate surface area is 460 Å². The van der Waals surface area contributed by atoms with E-state index in [0.717, 1.165) is 0 Å². The number of hydrogen-bond donors (Lipinski definition) is 0. The van der Waals surface area contributed by atoms with Gasteiger partial charge in [0.1, 0.15) is 0 Å². The van der Waals surface area contributed by atoms with Gasteiger partial charge in [-0.25, -0.2) is 0 Å². The summed E-state index contributed by atoms with van der Waals surface area (Å²) in [6.45, 7) is 18.6. The SMILES string of the molecule is C[CH2][Hf]([CH3])([CH3])([CH3])(=[SiH2])([CH]1C=Cc2c(-c3cccc(C)c3)cccc21)[CH]1C=Cc2c(-c3cccc(C)c3)cccc21.C[CH2][Hf]([CH3])([CH3])([CH3])(=[SiH2])([CH]1C=Cc2c(-c3cccc(C)c3)cccc21)[CH]1C=Cc2c(-c3cccc(C)c3)cccc21. The number of aryl methyl sites for hydroxylation is 4. The van der Waals surface area contributed by atoms with Crippen molar-refractivity contribution in [1.29, 1.82) is 0 Å². The van der Waals surface area contributed by atoms with Gasteiger partial charge in [0.05, 0.1) is 0 Å². The summed E-state index contributed by atoms with van der Waals surface area (Å²) in [6, 6.07) is 64.0. The number of rotatable bonds is 10. The van der Waals surface area contributed by atoms with Gasteiger partial charge in [-0.1, -0.05) is 0 Å². The third-order valence-electron chi connectivity index (χ3n) is 22.7. The van der Waals surface area contributed by atoms with E-state index in [2.05, 4.69) is 302 Å². The van der Waals surface area contributed by atoms with Gasteiger partial charge in [-0.05, 0) is 0 Å². The molecule has 4 aliphatic rings. The molecule has 0 aromatic heterocycles. The van der Waals surface area contributed by atoms with Crippen LogP contribution in [0, 0.1) is 27.7 Å². The molecule has 12 rings (SSSR count). The fraction of sp³-hybridized carbons (Fsp3) is 0.243. The normalized spacial score (nSPS) is 20.5. The van der Waals surface area contributed by atoms with Crippen LogP contribution in [0.1, 0.15) is 95.3 Å². The molecule has 4 unspecified atom stereocenters. The number of benzene rings is 8. The molecule has 396 valence electrons. The van der Waals surface area contributed by atoms with Crippen LogP contribution < -0.4 is 0 Å². The Morgan fingerprint density at radius 2 is 0.513 bits per heavy atom. The average Bonchev–Trinajstić information content (AvgIpc) is 3.50. The van der Waals surface area contributed by atoms with E-state index in [4.69, 9.17) is 0 Å². The molecule has 8 aromatic rings. The Morgan fingerprint density at radius 3 is 0.705 bits per heavy atom. The zero-order chi connectivity index (χ0) is 55.5. The van der Waals surface area contributed by atoms with Gasteiger partial charge >= 0.3 is 465 Å². The van der Waals surface area contributed by atoms with Crippen molar-refractivity contribution in [2.75, 3.05) is 0 Å². The van der Waals surface area contributed by atoms with Crippen LogP contribution in [0.4, 0.5) is 0 Å². The summed E-state index contributed by atoms with van der Waals surface area (Å²) in [5.74, 6) is 0. The molecular weight excluding hydrogens is 1300 g/mol. The van der Waals surface area contributed by atoms with Crippen molar-refractivity contribution in [1.82, 2.24) is 0 Å². The number of hydrogen-bond acceptors (Lipinski definition) is 0. The van der Waals surface area contributed by atoms with E-state index >= 15 is 0 Å². The molecule has 0 bridgehead atoms. The molecule has 8 aromatic carbocycles. The quantitative estimate of drug-likeness (QED) is 0.120. The molecule has 0 radical (unpaired) electrons. The van der Waals surface area contributed by atoms with Crippen LogP contribution in [0.2, 0.25) is 36.4 Å². The maximum absolute atomic E-state index is 4.78. The second-order valence-electron chi connectivity index (χ2n) is 31.9. The summed E-state index contributed by atoms with van der Waals surface area (Å²) in [6.07, 6.45) is 20.2. The number of fused-ring (bicyclic) bond motifs is 4. The summed E-state index contributed by atoms with van der Waals surface area (Å²) in [4.78, 5) is 0. The fourth-order valence-electron chi connectivity index (χ4n) is 15.9. The van der Waals surface area contributed by atoms with Crippen molar-refractivity contribution in [2.45, 2.75) is 92.7 Å². The van der Waals surface area contributed by atoms with E-state index in [-0.39, 0.29) is 0 Å². The number of allylic oxidation sites excluding steroid dienone is 4. The predicted molar refractivity (Wildman–Crippen MR) is 347 cm³/mol. The molecule has 0 heterocycles. The first-order chi connectivity index (χ1) is 36.6. The minimum atomic E-state index is -4.78. The summed E-state index contributed by atoms with van der Waals surface area (Å²) in [5.41, 5.74) is 27.8. The minimum absolute atomic E-state index is 0.431. The van der Waals surface area contributed by atoms with Crippen LogP contribution in [0.5, 0.6) is 0 Å². The third-order valence-corrected chi connectivity index (χ3v) is 122. The molecule has 78 heavy (non-hydrogen) atoms. The van der Waals surface area contributed by atoms with Crippen molar-refractivity contribution in [3.05, 3.63) is 261 Å². The molecule has 4 aliphatic carbocycles. The van der Waals surface area contributed by atoms with E-state index in [1.807, 2.05) is 0 Å². The van der Waals surface area contributed by atoms with Crippen LogP contribution in [0.25, 0.3) is 68.8 Å². The molecule has 4 atom stereocenters. The zero-order valence-corrected chi connectivity index (χ0v) is 58.9. The molecule has 4 heteroatoms. The molecule has 0 N–H and O–H groups in total. The maximum atomic E-state index is 2.77. The van der Waals surface area contributed by atoms with Crippen LogP contribution >= 0.6 is 0 Å². The summed E-state index contributed by atoms with van der Waals surface area (Å²) in [7, 11) is 0. The first-order valence-electron chi connectivity index (χ1n) is 29.2. The van der Waals surface area contributed by atoms with Crippen LogP contribution in [0.3, 0.4) is 0 Å². The van der Waals surface area contributed by atoms with Crippen molar-refractivity contribution >= 4 is 38.2 Å². The Morgan fingerprint density at radius 1 is 0.308 bits per heavy atom. The topological polar surface area (TPSA) is 0 Å². The van der Waals surface area contributed by atoms with Gasteiger partial charge in [-0.3, -0.25) is 0 Å². The van der Waals surface area contributed by atoms with Gasteiger partial charge in [0, 0.05) is 0 Å². The molecule has 0 saturated heterocycles. The van der Waals surface area contributed by atoms with Gasteiger partial charge in [-0.2, -0.15) is 0 Å². The zero-order valence-electron chi connectivity index (χ0n) is 48.9. The molecule has 0 nitrogen and oxygen atoms in total. The molecule has 0 aliphatic heterocycles. The second kappa shape index (κ2) is 16.7. The van der Waals surface area contributed by atoms with Gasteiger partial charge < -0.3 is 0 Å². The van der Waals surface area contributed by atoms with Crippen LogP contribution in [-0.4, -0.2) is 13.9 Å². The fourth-order valence-corrected chi connectivity index (χ4v) is 77.8. The first kappa shape index (κ1) is 54.8. The third kappa shape index (κ3) is 8.41. The standard InChI is InChI=1S/4C16H13.2C2H5.6CH3.2Hf.2H2Si/c4*1-12-5-2-8-14(11-12)16-10-4-7-13-6-3-9-15(13)16;2*1-2;;;;;;;;;;/h4*2-11H,1H3;2*1H2,2H3;6*1H3;;;2*1H2. The summed E-state index contributed by atoms with van der Waals surface area (Å²) < 4.78 is 20.8. The van der Waals surface area contributed by atoms with Gasteiger partial charge in [0.15, 0.2) is 0 Å². The van der Waals surface area contributed by atoms with E-state index in [0.29, 0.717) is 14.7 Å². The van der Waals surface area contributed by atoms with Crippen molar-refractivity contribution in [2.24, 2.45) is 0 Å². The predicted octanol–water partition coefficient (Wildman–Crippen LogP) is 20.7. The van der Waals surface area contributed by atoms with E-state index < -0.39 is 28.4 Å². The monoisotopic (exact) mass is 1390 g/mol. The Bertz CT molecular complexity index is 3750. The first-order valence-corrected chi connectivity index (χ1v) is 80.8. The molecule has 0 saturated carbocycles. The molecule has 0 fully saturated rings. The molecule has 0 amide bonds. The van der Waals surface area contributed by atoms with Crippen LogP contribution in [-0.2, 0) is 28.4 Å². The molecular formula is C74H84Hf2Si2. The van der Waals surface area contributed by atoms with E-state index in [1.54, 1.807) is 0 Å². The van der Waals surface area contributed by atoms with Crippen molar-refractivity contribution in [3.63, 3.8) is 0 Å². The summed E-state index contributed by atoms with van der Waals surface area (Å²) >= 11 is -9.56. The van der Waals surface area contributed by atoms with Crippen molar-refractivity contribution in [3.8, 4) is 44.5 Å². The second-order valence-corrected chi connectivity index (χ2v) is 197. The van der Waals surface area contributed by atoms with Crippen LogP contribution in [0.15, 0.2) is 194 Å². The van der Waals surface area contributed by atoms with Gasteiger partial charge in [0.2, 0.25) is 0 Å². The Balaban J connectivity index is 0.000000165. The van der Waals surface area contributed by atoms with E-state index in [9.17, 15) is 0 Å². The van der Waals surface area contributed by atoms with Crippen molar-refractivity contribution < 1.29 is 28.4 Å². The van der Waals surface area contributed by atoms with E-state index in [1.165, 1.54) is 120 Å². The van der Waals surface area contributed by atoms with Gasteiger partial charge in [0.25, 0.3) is 0 Å². The Kier molecular flexibility index (Phi) is 11.8. The Hall–Kier alpha value is -5.11.